The lowest BCUT2D eigenvalue weighted by Crippen LogP contribution is -2.45. The molecule has 2 N–H and O–H groups in total. The third-order valence-corrected chi connectivity index (χ3v) is 3.99. The lowest BCUT2D eigenvalue weighted by Gasteiger charge is -2.36. The summed E-state index contributed by atoms with van der Waals surface area (Å²) >= 11 is 0. The molecule has 9 heteroatoms. The SMILES string of the molecule is CCC1C(C(OC=O)C(=O)O)=C(C)N=C(C)C1C(OC=O)C(=O)O. The van der Waals surface area contributed by atoms with Gasteiger partial charge in [-0.15, -0.1) is 0 Å². The molecule has 1 aliphatic heterocycles. The van der Waals surface area contributed by atoms with Crippen LogP contribution < -0.4 is 0 Å². The molecule has 4 atom stereocenters. The number of carbonyl (C=O) groups excluding carboxylic acids is 2. The average molecular weight is 341 g/mol. The number of ether oxygens (including phenoxy) is 2. The van der Waals surface area contributed by atoms with Gasteiger partial charge in [-0.25, -0.2) is 9.59 Å². The minimum atomic E-state index is -1.59. The lowest BCUT2D eigenvalue weighted by molar-refractivity contribution is -0.160. The number of aliphatic carboxylic acids is 2. The summed E-state index contributed by atoms with van der Waals surface area (Å²) < 4.78 is 9.35. The molecule has 0 saturated carbocycles. The van der Waals surface area contributed by atoms with E-state index in [1.54, 1.807) is 20.8 Å². The first-order chi connectivity index (χ1) is 11.3. The van der Waals surface area contributed by atoms with E-state index < -0.39 is 36.0 Å². The van der Waals surface area contributed by atoms with Crippen molar-refractivity contribution in [1.29, 1.82) is 0 Å². The van der Waals surface area contributed by atoms with Gasteiger partial charge in [0, 0.05) is 17.0 Å². The molecular weight excluding hydrogens is 322 g/mol. The van der Waals surface area contributed by atoms with Gasteiger partial charge in [-0.3, -0.25) is 14.6 Å². The number of aliphatic imine (C=N–C) groups is 1. The van der Waals surface area contributed by atoms with E-state index in [1.165, 1.54) is 0 Å². The van der Waals surface area contributed by atoms with Gasteiger partial charge < -0.3 is 19.7 Å². The Morgan fingerprint density at radius 1 is 1.17 bits per heavy atom. The van der Waals surface area contributed by atoms with Crippen LogP contribution in [0, 0.1) is 11.8 Å². The fourth-order valence-corrected chi connectivity index (χ4v) is 3.12. The molecule has 1 rings (SSSR count). The third-order valence-electron chi connectivity index (χ3n) is 3.99. The zero-order valence-electron chi connectivity index (χ0n) is 13.5. The van der Waals surface area contributed by atoms with Crippen LogP contribution in [-0.4, -0.2) is 53.0 Å². The molecule has 1 aliphatic rings. The molecule has 0 aromatic heterocycles. The Bertz CT molecular complexity index is 594. The first-order valence-corrected chi connectivity index (χ1v) is 7.19. The van der Waals surface area contributed by atoms with Gasteiger partial charge in [-0.05, 0) is 26.2 Å². The van der Waals surface area contributed by atoms with E-state index in [0.717, 1.165) is 0 Å². The van der Waals surface area contributed by atoms with Gasteiger partial charge in [-0.2, -0.15) is 0 Å². The summed E-state index contributed by atoms with van der Waals surface area (Å²) in [6.07, 6.45) is -2.77. The van der Waals surface area contributed by atoms with Crippen molar-refractivity contribution in [2.24, 2.45) is 16.8 Å². The maximum absolute atomic E-state index is 11.5. The maximum atomic E-state index is 11.5. The zero-order chi connectivity index (χ0) is 18.4. The Hall–Kier alpha value is -2.71. The predicted molar refractivity (Wildman–Crippen MR) is 80.2 cm³/mol. The molecule has 0 amide bonds. The van der Waals surface area contributed by atoms with Crippen molar-refractivity contribution < 1.29 is 38.9 Å². The number of carbonyl (C=O) groups is 4. The van der Waals surface area contributed by atoms with Crippen LogP contribution in [-0.2, 0) is 28.7 Å². The quantitative estimate of drug-likeness (QED) is 0.582. The fourth-order valence-electron chi connectivity index (χ4n) is 3.12. The first kappa shape index (κ1) is 19.3. The topological polar surface area (TPSA) is 140 Å². The van der Waals surface area contributed by atoms with Crippen molar-refractivity contribution in [3.05, 3.63) is 11.3 Å². The predicted octanol–water partition coefficient (Wildman–Crippen LogP) is 0.630. The highest BCUT2D eigenvalue weighted by atomic mass is 16.6. The number of carboxylic acid groups (broad SMARTS) is 2. The Labute approximate surface area is 138 Å². The summed E-state index contributed by atoms with van der Waals surface area (Å²) in [5, 5.41) is 18.7. The van der Waals surface area contributed by atoms with Crippen molar-refractivity contribution in [3.8, 4) is 0 Å². The molecule has 132 valence electrons. The Morgan fingerprint density at radius 3 is 2.17 bits per heavy atom. The van der Waals surface area contributed by atoms with Crippen molar-refractivity contribution in [2.75, 3.05) is 0 Å². The Balaban J connectivity index is 3.45. The third kappa shape index (κ3) is 3.79. The second kappa shape index (κ2) is 8.23. The van der Waals surface area contributed by atoms with E-state index in [0.29, 0.717) is 17.8 Å². The van der Waals surface area contributed by atoms with Crippen LogP contribution in [0.3, 0.4) is 0 Å². The van der Waals surface area contributed by atoms with Crippen LogP contribution in [0.2, 0.25) is 0 Å². The fraction of sp³-hybridized carbons (Fsp3) is 0.533. The summed E-state index contributed by atoms with van der Waals surface area (Å²) in [4.78, 5) is 48.4. The number of nitrogens with zero attached hydrogens (tertiary/aromatic N) is 1. The minimum Gasteiger partial charge on any atom is -0.478 e. The highest BCUT2D eigenvalue weighted by Crippen LogP contribution is 2.38. The molecule has 1 heterocycles. The van der Waals surface area contributed by atoms with Crippen LogP contribution >= 0.6 is 0 Å². The summed E-state index contributed by atoms with van der Waals surface area (Å²) in [5.74, 6) is -4.27. The van der Waals surface area contributed by atoms with Crippen molar-refractivity contribution in [1.82, 2.24) is 0 Å². The van der Waals surface area contributed by atoms with E-state index >= 15 is 0 Å². The highest BCUT2D eigenvalue weighted by molar-refractivity contribution is 5.93. The number of carboxylic acids is 2. The van der Waals surface area contributed by atoms with E-state index in [9.17, 15) is 29.4 Å². The number of rotatable bonds is 9. The van der Waals surface area contributed by atoms with E-state index in [1.807, 2.05) is 0 Å². The van der Waals surface area contributed by atoms with Gasteiger partial charge >= 0.3 is 11.9 Å². The molecule has 4 unspecified atom stereocenters. The van der Waals surface area contributed by atoms with Gasteiger partial charge in [0.1, 0.15) is 0 Å². The summed E-state index contributed by atoms with van der Waals surface area (Å²) in [7, 11) is 0. The molecule has 0 spiro atoms. The molecule has 24 heavy (non-hydrogen) atoms. The van der Waals surface area contributed by atoms with Gasteiger partial charge in [0.05, 0.1) is 5.92 Å². The van der Waals surface area contributed by atoms with Crippen LogP contribution in [0.5, 0.6) is 0 Å². The molecule has 9 nitrogen and oxygen atoms in total. The van der Waals surface area contributed by atoms with Gasteiger partial charge in [-0.1, -0.05) is 6.92 Å². The number of allylic oxidation sites excluding steroid dienone is 1. The summed E-state index contributed by atoms with van der Waals surface area (Å²) in [5.41, 5.74) is 0.918. The number of hydrogen-bond donors (Lipinski definition) is 2. The van der Waals surface area contributed by atoms with Crippen LogP contribution in [0.15, 0.2) is 16.3 Å². The molecule has 0 aromatic rings. The van der Waals surface area contributed by atoms with E-state index in [4.69, 9.17) is 0 Å². The van der Waals surface area contributed by atoms with E-state index in [-0.39, 0.29) is 18.5 Å². The minimum absolute atomic E-state index is 0.0164. The molecule has 0 aliphatic carbocycles. The van der Waals surface area contributed by atoms with Gasteiger partial charge in [0.2, 0.25) is 12.2 Å². The molecular formula is C15H19NO8. The van der Waals surface area contributed by atoms with Crippen molar-refractivity contribution in [2.45, 2.75) is 39.4 Å². The molecule has 0 bridgehead atoms. The van der Waals surface area contributed by atoms with Crippen LogP contribution in [0.4, 0.5) is 0 Å². The largest absolute Gasteiger partial charge is 0.478 e. The first-order valence-electron chi connectivity index (χ1n) is 7.19. The Morgan fingerprint density at radius 2 is 1.75 bits per heavy atom. The van der Waals surface area contributed by atoms with Gasteiger partial charge in [0.25, 0.3) is 12.9 Å². The number of hydrogen-bond acceptors (Lipinski definition) is 7. The van der Waals surface area contributed by atoms with Crippen LogP contribution in [0.1, 0.15) is 27.2 Å². The van der Waals surface area contributed by atoms with Gasteiger partial charge in [0.15, 0.2) is 0 Å². The molecule has 0 radical (unpaired) electrons. The lowest BCUT2D eigenvalue weighted by atomic mass is 9.73. The highest BCUT2D eigenvalue weighted by Gasteiger charge is 2.45. The molecule has 0 saturated heterocycles. The maximum Gasteiger partial charge on any atom is 0.349 e. The second-order valence-corrected chi connectivity index (χ2v) is 5.28. The summed E-state index contributed by atoms with van der Waals surface area (Å²) in [6.45, 7) is 4.90. The smallest absolute Gasteiger partial charge is 0.349 e. The van der Waals surface area contributed by atoms with E-state index in [2.05, 4.69) is 14.5 Å². The second-order valence-electron chi connectivity index (χ2n) is 5.28. The average Bonchev–Trinajstić information content (AvgIpc) is 2.50. The molecule has 0 aromatic carbocycles. The van der Waals surface area contributed by atoms with Crippen molar-refractivity contribution in [3.63, 3.8) is 0 Å². The van der Waals surface area contributed by atoms with Crippen LogP contribution in [0.25, 0.3) is 0 Å². The monoisotopic (exact) mass is 341 g/mol. The normalized spacial score (nSPS) is 22.9. The zero-order valence-corrected chi connectivity index (χ0v) is 13.5. The standard InChI is InChI=1S/C15H19NO8/c1-4-9-10(12(14(19)20)23-5-17)7(2)16-8(3)11(9)13(15(21)22)24-6-18/h5-6,9-10,12-13H,4H2,1-3H3,(H,19,20)(H,21,22). The summed E-state index contributed by atoms with van der Waals surface area (Å²) in [6, 6.07) is 0. The Kier molecular flexibility index (Phi) is 6.63. The van der Waals surface area contributed by atoms with Crippen molar-refractivity contribution >= 4 is 30.6 Å². The molecule has 0 fully saturated rings.